The summed E-state index contributed by atoms with van der Waals surface area (Å²) < 4.78 is 10.4. The molecule has 0 fully saturated rings. The molecule has 0 radical (unpaired) electrons. The number of rotatable bonds is 3. The van der Waals surface area contributed by atoms with E-state index in [1.165, 1.54) is 0 Å². The van der Waals surface area contributed by atoms with E-state index in [-0.39, 0.29) is 5.75 Å². The summed E-state index contributed by atoms with van der Waals surface area (Å²) in [5.41, 5.74) is 0.732. The van der Waals surface area contributed by atoms with Gasteiger partial charge in [-0.1, -0.05) is 6.07 Å². The van der Waals surface area contributed by atoms with E-state index < -0.39 is 0 Å². The van der Waals surface area contributed by atoms with Crippen LogP contribution in [0.4, 0.5) is 0 Å². The maximum Gasteiger partial charge on any atom is 0.191 e. The Hall–Kier alpha value is -1.97. The molecule has 4 heteroatoms. The van der Waals surface area contributed by atoms with Crippen LogP contribution in [0, 0.1) is 6.92 Å². The molecule has 0 unspecified atom stereocenters. The van der Waals surface area contributed by atoms with Crippen LogP contribution in [0.5, 0.6) is 11.5 Å². The number of hydrogen-bond acceptors (Lipinski definition) is 4. The standard InChI is InChI=1S/C11H11NO3/c1-8-12-9(6-14-8)7-15-11-4-2-3-10(13)5-11/h2-6,13H,7H2,1H3. The number of nitrogens with zero attached hydrogens (tertiary/aromatic N) is 1. The number of hydrogen-bond donors (Lipinski definition) is 1. The largest absolute Gasteiger partial charge is 0.508 e. The van der Waals surface area contributed by atoms with Gasteiger partial charge < -0.3 is 14.3 Å². The molecule has 2 aromatic rings. The summed E-state index contributed by atoms with van der Waals surface area (Å²) in [6.07, 6.45) is 1.55. The van der Waals surface area contributed by atoms with Gasteiger partial charge in [-0.25, -0.2) is 4.98 Å². The van der Waals surface area contributed by atoms with Crippen molar-refractivity contribution >= 4 is 0 Å². The lowest BCUT2D eigenvalue weighted by Gasteiger charge is -2.03. The van der Waals surface area contributed by atoms with Gasteiger partial charge in [-0.05, 0) is 12.1 Å². The minimum absolute atomic E-state index is 0.184. The average molecular weight is 205 g/mol. The molecule has 0 spiro atoms. The summed E-state index contributed by atoms with van der Waals surface area (Å²) in [5.74, 6) is 1.41. The first-order chi connectivity index (χ1) is 7.24. The number of aromatic nitrogens is 1. The first-order valence-electron chi connectivity index (χ1n) is 4.57. The Labute approximate surface area is 87.1 Å². The van der Waals surface area contributed by atoms with Crippen molar-refractivity contribution in [3.63, 3.8) is 0 Å². The zero-order valence-electron chi connectivity index (χ0n) is 8.30. The van der Waals surface area contributed by atoms with Crippen molar-refractivity contribution in [2.45, 2.75) is 13.5 Å². The maximum absolute atomic E-state index is 9.20. The smallest absolute Gasteiger partial charge is 0.191 e. The summed E-state index contributed by atoms with van der Waals surface area (Å²) in [6.45, 7) is 2.11. The van der Waals surface area contributed by atoms with E-state index in [2.05, 4.69) is 4.98 Å². The lowest BCUT2D eigenvalue weighted by molar-refractivity contribution is 0.299. The van der Waals surface area contributed by atoms with Gasteiger partial charge >= 0.3 is 0 Å². The normalized spacial score (nSPS) is 10.2. The minimum Gasteiger partial charge on any atom is -0.508 e. The number of aryl methyl sites for hydroxylation is 1. The van der Waals surface area contributed by atoms with E-state index in [0.717, 1.165) is 5.69 Å². The third-order valence-electron chi connectivity index (χ3n) is 1.87. The fourth-order valence-corrected chi connectivity index (χ4v) is 1.21. The van der Waals surface area contributed by atoms with E-state index >= 15 is 0 Å². The molecule has 0 amide bonds. The fourth-order valence-electron chi connectivity index (χ4n) is 1.21. The second-order valence-corrected chi connectivity index (χ2v) is 3.14. The van der Waals surface area contributed by atoms with Gasteiger partial charge in [0.05, 0.1) is 0 Å². The van der Waals surface area contributed by atoms with Gasteiger partial charge in [-0.2, -0.15) is 0 Å². The van der Waals surface area contributed by atoms with E-state index in [9.17, 15) is 5.11 Å². The molecule has 0 saturated carbocycles. The second kappa shape index (κ2) is 4.04. The van der Waals surface area contributed by atoms with E-state index in [0.29, 0.717) is 18.2 Å². The van der Waals surface area contributed by atoms with Crippen LogP contribution in [-0.2, 0) is 6.61 Å². The van der Waals surface area contributed by atoms with Gasteiger partial charge in [0.25, 0.3) is 0 Å². The Morgan fingerprint density at radius 3 is 3.00 bits per heavy atom. The predicted molar refractivity (Wildman–Crippen MR) is 53.7 cm³/mol. The Bertz CT molecular complexity index is 451. The zero-order valence-corrected chi connectivity index (χ0v) is 8.30. The van der Waals surface area contributed by atoms with Crippen molar-refractivity contribution in [2.24, 2.45) is 0 Å². The van der Waals surface area contributed by atoms with Gasteiger partial charge in [0, 0.05) is 13.0 Å². The van der Waals surface area contributed by atoms with Gasteiger partial charge in [0.15, 0.2) is 5.89 Å². The first kappa shape index (κ1) is 9.58. The number of oxazole rings is 1. The number of benzene rings is 1. The van der Waals surface area contributed by atoms with Crippen molar-refractivity contribution in [2.75, 3.05) is 0 Å². The molecular weight excluding hydrogens is 194 g/mol. The topological polar surface area (TPSA) is 55.5 Å². The SMILES string of the molecule is Cc1nc(COc2cccc(O)c2)co1. The molecule has 0 aliphatic carbocycles. The van der Waals surface area contributed by atoms with Gasteiger partial charge in [0.1, 0.15) is 30.1 Å². The van der Waals surface area contributed by atoms with Crippen LogP contribution < -0.4 is 4.74 Å². The highest BCUT2D eigenvalue weighted by molar-refractivity contribution is 5.31. The molecule has 2 rings (SSSR count). The van der Waals surface area contributed by atoms with Gasteiger partial charge in [-0.3, -0.25) is 0 Å². The third-order valence-corrected chi connectivity index (χ3v) is 1.87. The highest BCUT2D eigenvalue weighted by Crippen LogP contribution is 2.18. The zero-order chi connectivity index (χ0) is 10.7. The fraction of sp³-hybridized carbons (Fsp3) is 0.182. The molecule has 4 nitrogen and oxygen atoms in total. The minimum atomic E-state index is 0.184. The lowest BCUT2D eigenvalue weighted by atomic mass is 10.3. The maximum atomic E-state index is 9.20. The molecule has 0 aliphatic heterocycles. The third kappa shape index (κ3) is 2.49. The Morgan fingerprint density at radius 1 is 1.47 bits per heavy atom. The summed E-state index contributed by atoms with van der Waals surface area (Å²) in [6, 6.07) is 6.63. The molecule has 0 saturated heterocycles. The van der Waals surface area contributed by atoms with E-state index in [1.54, 1.807) is 37.5 Å². The monoisotopic (exact) mass is 205 g/mol. The molecule has 0 aliphatic rings. The lowest BCUT2D eigenvalue weighted by Crippen LogP contribution is -1.95. The number of phenolic OH excluding ortho intramolecular Hbond substituents is 1. The predicted octanol–water partition coefficient (Wildman–Crippen LogP) is 2.27. The van der Waals surface area contributed by atoms with Crippen LogP contribution in [0.25, 0.3) is 0 Å². The number of phenols is 1. The van der Waals surface area contributed by atoms with Crippen molar-refractivity contribution in [3.05, 3.63) is 42.1 Å². The molecule has 78 valence electrons. The summed E-state index contributed by atoms with van der Waals surface area (Å²) in [7, 11) is 0. The molecule has 1 aromatic heterocycles. The number of aromatic hydroxyl groups is 1. The highest BCUT2D eigenvalue weighted by Gasteiger charge is 2.01. The highest BCUT2D eigenvalue weighted by atomic mass is 16.5. The molecular formula is C11H11NO3. The summed E-state index contributed by atoms with van der Waals surface area (Å²) in [5, 5.41) is 9.20. The van der Waals surface area contributed by atoms with E-state index in [1.807, 2.05) is 0 Å². The van der Waals surface area contributed by atoms with Crippen LogP contribution in [-0.4, -0.2) is 10.1 Å². The second-order valence-electron chi connectivity index (χ2n) is 3.14. The summed E-state index contributed by atoms with van der Waals surface area (Å²) in [4.78, 5) is 4.09. The van der Waals surface area contributed by atoms with Crippen molar-refractivity contribution < 1.29 is 14.3 Å². The van der Waals surface area contributed by atoms with Crippen molar-refractivity contribution in [3.8, 4) is 11.5 Å². The van der Waals surface area contributed by atoms with Crippen molar-refractivity contribution in [1.29, 1.82) is 0 Å². The average Bonchev–Trinajstić information content (AvgIpc) is 2.62. The Kier molecular flexibility index (Phi) is 2.58. The van der Waals surface area contributed by atoms with Gasteiger partial charge in [-0.15, -0.1) is 0 Å². The molecule has 15 heavy (non-hydrogen) atoms. The Morgan fingerprint density at radius 2 is 2.33 bits per heavy atom. The van der Waals surface area contributed by atoms with Crippen LogP contribution in [0.1, 0.15) is 11.6 Å². The first-order valence-corrected chi connectivity index (χ1v) is 4.57. The van der Waals surface area contributed by atoms with E-state index in [4.69, 9.17) is 9.15 Å². The van der Waals surface area contributed by atoms with Crippen molar-refractivity contribution in [1.82, 2.24) is 4.98 Å². The molecule has 0 atom stereocenters. The molecule has 0 bridgehead atoms. The molecule has 1 heterocycles. The summed E-state index contributed by atoms with van der Waals surface area (Å²) >= 11 is 0. The van der Waals surface area contributed by atoms with Crippen LogP contribution in [0.2, 0.25) is 0 Å². The van der Waals surface area contributed by atoms with Crippen LogP contribution >= 0.6 is 0 Å². The van der Waals surface area contributed by atoms with Crippen LogP contribution in [0.15, 0.2) is 34.9 Å². The van der Waals surface area contributed by atoms with Gasteiger partial charge in [0.2, 0.25) is 0 Å². The van der Waals surface area contributed by atoms with Crippen LogP contribution in [0.3, 0.4) is 0 Å². The molecule has 1 N–H and O–H groups in total. The Balaban J connectivity index is 1.99. The molecule has 1 aromatic carbocycles. The number of ether oxygens (including phenoxy) is 1. The quantitative estimate of drug-likeness (QED) is 0.835.